The van der Waals surface area contributed by atoms with Crippen molar-refractivity contribution in [1.82, 2.24) is 19.6 Å². The zero-order chi connectivity index (χ0) is 10.3. The van der Waals surface area contributed by atoms with Gasteiger partial charge in [-0.05, 0) is 7.05 Å². The SMILES string of the molecule is CN1CCN2CCN3CCN(CC1)C3C2. The molecule has 3 aliphatic rings. The van der Waals surface area contributed by atoms with Crippen molar-refractivity contribution >= 4 is 0 Å². The number of hydrogen-bond acceptors (Lipinski definition) is 4. The first-order chi connectivity index (χ1) is 7.33. The number of piperazine rings is 1. The minimum Gasteiger partial charge on any atom is -0.304 e. The third kappa shape index (κ3) is 1.91. The van der Waals surface area contributed by atoms with Crippen LogP contribution in [0.2, 0.25) is 0 Å². The van der Waals surface area contributed by atoms with Gasteiger partial charge in [-0.3, -0.25) is 14.7 Å². The van der Waals surface area contributed by atoms with E-state index in [1.54, 1.807) is 0 Å². The van der Waals surface area contributed by atoms with E-state index in [2.05, 4.69) is 26.6 Å². The van der Waals surface area contributed by atoms with Crippen LogP contribution in [0.5, 0.6) is 0 Å². The Morgan fingerprint density at radius 1 is 0.733 bits per heavy atom. The molecule has 4 nitrogen and oxygen atoms in total. The Kier molecular flexibility index (Phi) is 2.68. The van der Waals surface area contributed by atoms with Crippen molar-refractivity contribution in [1.29, 1.82) is 0 Å². The number of likely N-dealkylation sites (N-methyl/N-ethyl adjacent to an activating group) is 1. The summed E-state index contributed by atoms with van der Waals surface area (Å²) < 4.78 is 0. The zero-order valence-electron chi connectivity index (χ0n) is 9.73. The van der Waals surface area contributed by atoms with Crippen LogP contribution in [0.1, 0.15) is 0 Å². The van der Waals surface area contributed by atoms with Crippen molar-refractivity contribution in [3.8, 4) is 0 Å². The fraction of sp³-hybridized carbons (Fsp3) is 1.00. The first-order valence-electron chi connectivity index (χ1n) is 6.22. The fourth-order valence-corrected chi connectivity index (χ4v) is 3.06. The second-order valence-corrected chi connectivity index (χ2v) is 5.16. The highest BCUT2D eigenvalue weighted by molar-refractivity contribution is 4.89. The summed E-state index contributed by atoms with van der Waals surface area (Å²) in [6.07, 6.45) is 0.727. The quantitative estimate of drug-likeness (QED) is 0.518. The molecule has 2 atom stereocenters. The summed E-state index contributed by atoms with van der Waals surface area (Å²) in [5, 5.41) is 0. The third-order valence-electron chi connectivity index (χ3n) is 4.21. The Bertz CT molecular complexity index is 233. The summed E-state index contributed by atoms with van der Waals surface area (Å²) in [5.41, 5.74) is 0. The van der Waals surface area contributed by atoms with E-state index >= 15 is 0 Å². The molecule has 0 aromatic rings. The summed E-state index contributed by atoms with van der Waals surface area (Å²) >= 11 is 0. The molecule has 0 aromatic carbocycles. The molecule has 3 rings (SSSR count). The lowest BCUT2D eigenvalue weighted by Gasteiger charge is -2.39. The highest BCUT2D eigenvalue weighted by Crippen LogP contribution is 2.20. The number of nitrogens with zero attached hydrogens (tertiary/aromatic N) is 4. The van der Waals surface area contributed by atoms with E-state index in [1.165, 1.54) is 58.9 Å². The zero-order valence-corrected chi connectivity index (χ0v) is 9.73. The van der Waals surface area contributed by atoms with Gasteiger partial charge in [0, 0.05) is 58.9 Å². The highest BCUT2D eigenvalue weighted by Gasteiger charge is 2.36. The predicted octanol–water partition coefficient (Wildman–Crippen LogP) is -0.809. The molecule has 15 heavy (non-hydrogen) atoms. The largest absolute Gasteiger partial charge is 0.304 e. The third-order valence-corrected chi connectivity index (χ3v) is 4.21. The first-order valence-corrected chi connectivity index (χ1v) is 6.22. The van der Waals surface area contributed by atoms with Crippen molar-refractivity contribution < 1.29 is 0 Å². The molecule has 0 aliphatic carbocycles. The smallest absolute Gasteiger partial charge is 0.0755 e. The van der Waals surface area contributed by atoms with Crippen LogP contribution in [0.3, 0.4) is 0 Å². The summed E-state index contributed by atoms with van der Waals surface area (Å²) in [6.45, 7) is 11.4. The van der Waals surface area contributed by atoms with Crippen LogP contribution in [0.4, 0.5) is 0 Å². The van der Waals surface area contributed by atoms with Crippen LogP contribution in [-0.2, 0) is 0 Å². The van der Waals surface area contributed by atoms with E-state index in [0.717, 1.165) is 6.17 Å². The van der Waals surface area contributed by atoms with Crippen LogP contribution >= 0.6 is 0 Å². The topological polar surface area (TPSA) is 13.0 Å². The second-order valence-electron chi connectivity index (χ2n) is 5.16. The van der Waals surface area contributed by atoms with Gasteiger partial charge in [0.25, 0.3) is 0 Å². The van der Waals surface area contributed by atoms with Crippen LogP contribution in [0, 0.1) is 0 Å². The number of rotatable bonds is 0. The molecule has 0 spiro atoms. The van der Waals surface area contributed by atoms with Crippen molar-refractivity contribution in [2.75, 3.05) is 66.0 Å². The van der Waals surface area contributed by atoms with Gasteiger partial charge in [0.15, 0.2) is 0 Å². The Labute approximate surface area is 92.4 Å². The molecular weight excluding hydrogens is 188 g/mol. The van der Waals surface area contributed by atoms with Gasteiger partial charge in [0.2, 0.25) is 0 Å². The fourth-order valence-electron chi connectivity index (χ4n) is 3.06. The van der Waals surface area contributed by atoms with Crippen LogP contribution in [-0.4, -0.2) is 91.7 Å². The van der Waals surface area contributed by atoms with Crippen molar-refractivity contribution in [2.24, 2.45) is 0 Å². The summed E-state index contributed by atoms with van der Waals surface area (Å²) in [7, 11) is 2.25. The monoisotopic (exact) mass is 210 g/mol. The van der Waals surface area contributed by atoms with Crippen molar-refractivity contribution in [2.45, 2.75) is 6.17 Å². The van der Waals surface area contributed by atoms with Gasteiger partial charge >= 0.3 is 0 Å². The molecule has 3 fully saturated rings. The Morgan fingerprint density at radius 3 is 2.07 bits per heavy atom. The molecular formula is C11H22N4. The van der Waals surface area contributed by atoms with Gasteiger partial charge < -0.3 is 4.90 Å². The Hall–Kier alpha value is -0.160. The summed E-state index contributed by atoms with van der Waals surface area (Å²) in [5.74, 6) is 0. The lowest BCUT2D eigenvalue weighted by molar-refractivity contribution is 0.0475. The first kappa shape index (κ1) is 10.0. The molecule has 0 radical (unpaired) electrons. The molecule has 0 amide bonds. The molecule has 0 saturated carbocycles. The van der Waals surface area contributed by atoms with E-state index in [4.69, 9.17) is 0 Å². The van der Waals surface area contributed by atoms with Gasteiger partial charge in [-0.15, -0.1) is 0 Å². The Balaban J connectivity index is 1.75. The van der Waals surface area contributed by atoms with Crippen LogP contribution in [0.25, 0.3) is 0 Å². The molecule has 3 heterocycles. The number of hydrogen-bond donors (Lipinski definition) is 0. The van der Waals surface area contributed by atoms with Gasteiger partial charge in [-0.25, -0.2) is 0 Å². The molecule has 0 N–H and O–H groups in total. The van der Waals surface area contributed by atoms with E-state index in [9.17, 15) is 0 Å². The van der Waals surface area contributed by atoms with E-state index < -0.39 is 0 Å². The molecule has 2 unspecified atom stereocenters. The lowest BCUT2D eigenvalue weighted by Crippen LogP contribution is -2.54. The molecule has 0 aromatic heterocycles. The van der Waals surface area contributed by atoms with Crippen molar-refractivity contribution in [3.05, 3.63) is 0 Å². The molecule has 4 heteroatoms. The maximum Gasteiger partial charge on any atom is 0.0755 e. The molecule has 2 bridgehead atoms. The predicted molar refractivity (Wildman–Crippen MR) is 60.9 cm³/mol. The average molecular weight is 210 g/mol. The Morgan fingerprint density at radius 2 is 1.27 bits per heavy atom. The number of fused-ring (bicyclic) bond motifs is 1. The summed E-state index contributed by atoms with van der Waals surface area (Å²) in [6, 6.07) is 0. The second kappa shape index (κ2) is 4.01. The van der Waals surface area contributed by atoms with E-state index in [0.29, 0.717) is 0 Å². The minimum atomic E-state index is 0.727. The van der Waals surface area contributed by atoms with Crippen LogP contribution < -0.4 is 0 Å². The highest BCUT2D eigenvalue weighted by atomic mass is 15.5. The minimum absolute atomic E-state index is 0.727. The van der Waals surface area contributed by atoms with Gasteiger partial charge in [-0.1, -0.05) is 0 Å². The van der Waals surface area contributed by atoms with Crippen LogP contribution in [0.15, 0.2) is 0 Å². The summed E-state index contributed by atoms with van der Waals surface area (Å²) in [4.78, 5) is 10.5. The molecule has 3 aliphatic heterocycles. The standard InChI is InChI=1S/C11H22N4/c1-12-2-4-13-5-7-15-9-8-14(6-3-12)11(15)10-13/h11H,2-10H2,1H3. The maximum absolute atomic E-state index is 2.67. The normalized spacial score (nSPS) is 39.8. The van der Waals surface area contributed by atoms with Gasteiger partial charge in [0.05, 0.1) is 6.17 Å². The van der Waals surface area contributed by atoms with E-state index in [-0.39, 0.29) is 0 Å². The molecule has 86 valence electrons. The van der Waals surface area contributed by atoms with E-state index in [1.807, 2.05) is 0 Å². The van der Waals surface area contributed by atoms with Crippen molar-refractivity contribution in [3.63, 3.8) is 0 Å². The maximum atomic E-state index is 2.67. The van der Waals surface area contributed by atoms with Gasteiger partial charge in [-0.2, -0.15) is 0 Å². The average Bonchev–Trinajstić information content (AvgIpc) is 2.65. The molecule has 3 saturated heterocycles. The lowest BCUT2D eigenvalue weighted by atomic mass is 10.3. The van der Waals surface area contributed by atoms with Gasteiger partial charge in [0.1, 0.15) is 0 Å².